The number of hydrogen-bond acceptors (Lipinski definition) is 4. The van der Waals surface area contributed by atoms with Crippen LogP contribution in [0.3, 0.4) is 0 Å². The van der Waals surface area contributed by atoms with E-state index in [-0.39, 0.29) is 38.3 Å². The van der Waals surface area contributed by atoms with Gasteiger partial charge in [0.05, 0.1) is 23.6 Å². The molecule has 0 spiro atoms. The molecule has 3 heterocycles. The Morgan fingerprint density at radius 1 is 0.968 bits per heavy atom. The fraction of sp³-hybridized carbons (Fsp3) is 0.100. The minimum absolute atomic E-state index is 0.00898. The molecule has 0 aliphatic heterocycles. The van der Waals surface area contributed by atoms with Gasteiger partial charge in [0.1, 0.15) is 43.0 Å². The van der Waals surface area contributed by atoms with Crippen LogP contribution in [0.25, 0.3) is 22.2 Å². The highest BCUT2D eigenvalue weighted by Gasteiger charge is 2.18. The number of carbonyl (C=O) groups excluding carboxylic acids is 1. The van der Waals surface area contributed by atoms with Gasteiger partial charge in [-0.2, -0.15) is 0 Å². The van der Waals surface area contributed by atoms with Crippen molar-refractivity contribution in [3.05, 3.63) is 47.1 Å². The van der Waals surface area contributed by atoms with Gasteiger partial charge in [-0.3, -0.25) is 9.78 Å². The van der Waals surface area contributed by atoms with Gasteiger partial charge in [0.25, 0.3) is 5.91 Å². The Morgan fingerprint density at radius 2 is 1.65 bits per heavy atom. The largest absolute Gasteiger partial charge is 0.331 e. The number of anilines is 1. The molecule has 142 valence electrons. The second-order valence-electron chi connectivity index (χ2n) is 7.03. The lowest BCUT2D eigenvalue weighted by molar-refractivity contribution is 0.102. The molecule has 0 aliphatic rings. The van der Waals surface area contributed by atoms with Crippen molar-refractivity contribution >= 4 is 87.5 Å². The zero-order valence-electron chi connectivity index (χ0n) is 16.8. The zero-order chi connectivity index (χ0) is 22.4. The Balaban J connectivity index is 1.71. The summed E-state index contributed by atoms with van der Waals surface area (Å²) in [6.07, 6.45) is 5.09. The fourth-order valence-electron chi connectivity index (χ4n) is 3.23. The predicted molar refractivity (Wildman–Crippen MR) is 127 cm³/mol. The number of nitrogens with zero attached hydrogens (tertiary/aromatic N) is 4. The molecule has 1 N–H and O–H groups in total. The number of pyridine rings is 2. The lowest BCUT2D eigenvalue weighted by Gasteiger charge is -2.18. The molecule has 0 saturated carbocycles. The molecular formula is C20H12B4ClN5O. The Morgan fingerprint density at radius 3 is 2.26 bits per heavy atom. The zero-order valence-corrected chi connectivity index (χ0v) is 17.5. The quantitative estimate of drug-likeness (QED) is 0.453. The van der Waals surface area contributed by atoms with Crippen LogP contribution < -0.4 is 27.2 Å². The number of aryl methyl sites for hydroxylation is 1. The van der Waals surface area contributed by atoms with Crippen molar-refractivity contribution in [3.63, 3.8) is 0 Å². The first-order chi connectivity index (χ1) is 14.7. The van der Waals surface area contributed by atoms with Crippen molar-refractivity contribution in [3.8, 4) is 11.3 Å². The van der Waals surface area contributed by atoms with E-state index in [9.17, 15) is 4.79 Å². The van der Waals surface area contributed by atoms with Crippen LogP contribution in [0.1, 0.15) is 16.2 Å². The van der Waals surface area contributed by atoms with Crippen molar-refractivity contribution in [1.82, 2.24) is 19.5 Å². The summed E-state index contributed by atoms with van der Waals surface area (Å²) in [5.41, 5.74) is 2.29. The maximum Gasteiger partial charge on any atom is 0.255 e. The van der Waals surface area contributed by atoms with Crippen molar-refractivity contribution in [2.45, 2.75) is 6.92 Å². The third-order valence-electron chi connectivity index (χ3n) is 5.14. The highest BCUT2D eigenvalue weighted by Crippen LogP contribution is 2.24. The molecule has 6 nitrogen and oxygen atoms in total. The average Bonchev–Trinajstić information content (AvgIpc) is 3.09. The van der Waals surface area contributed by atoms with Gasteiger partial charge >= 0.3 is 0 Å². The van der Waals surface area contributed by atoms with Crippen LogP contribution in [-0.2, 0) is 7.05 Å². The Hall–Kier alpha value is -2.99. The van der Waals surface area contributed by atoms with E-state index >= 15 is 0 Å². The third-order valence-corrected chi connectivity index (χ3v) is 5.55. The van der Waals surface area contributed by atoms with Gasteiger partial charge in [-0.05, 0) is 19.1 Å². The molecule has 31 heavy (non-hydrogen) atoms. The topological polar surface area (TPSA) is 72.7 Å². The first-order valence-electron chi connectivity index (χ1n) is 9.16. The molecule has 3 aromatic heterocycles. The van der Waals surface area contributed by atoms with Gasteiger partial charge in [0, 0.05) is 34.8 Å². The summed E-state index contributed by atoms with van der Waals surface area (Å²) in [6.45, 7) is 1.92. The first kappa shape index (κ1) is 21.2. The van der Waals surface area contributed by atoms with E-state index in [0.717, 1.165) is 22.5 Å². The molecule has 0 fully saturated rings. The highest BCUT2D eigenvalue weighted by atomic mass is 35.5. The van der Waals surface area contributed by atoms with E-state index < -0.39 is 5.91 Å². The lowest BCUT2D eigenvalue weighted by atomic mass is 9.67. The van der Waals surface area contributed by atoms with Crippen LogP contribution in [-0.4, -0.2) is 56.8 Å². The molecule has 0 saturated heterocycles. The number of nitrogens with one attached hydrogen (secondary N) is 1. The maximum absolute atomic E-state index is 12.9. The summed E-state index contributed by atoms with van der Waals surface area (Å²) in [5.74, 6) is 0.557. The van der Waals surface area contributed by atoms with E-state index in [1.807, 2.05) is 24.6 Å². The monoisotopic (exact) mass is 417 g/mol. The Labute approximate surface area is 189 Å². The van der Waals surface area contributed by atoms with Crippen LogP contribution in [0.2, 0.25) is 5.02 Å². The summed E-state index contributed by atoms with van der Waals surface area (Å²) in [6, 6.07) is 3.64. The molecule has 4 aromatic rings. The standard InChI is InChI=1S/C20H12B4ClN5O/c1-8-26-7-12(30(8)2)10-3-9-4-13(28-6-11(9)27-5-10)29-20(31)14-15(21)17(23)19(25)18(24)16(14)22/h3-7H,1-2H3,(H,28,29,31). The van der Waals surface area contributed by atoms with E-state index in [1.165, 1.54) is 0 Å². The van der Waals surface area contributed by atoms with Gasteiger partial charge < -0.3 is 9.88 Å². The molecule has 1 aromatic carbocycles. The molecular weight excluding hydrogens is 405 g/mol. The summed E-state index contributed by atoms with van der Waals surface area (Å²) >= 11 is 6.00. The van der Waals surface area contributed by atoms with E-state index in [4.69, 9.17) is 43.0 Å². The predicted octanol–water partition coefficient (Wildman–Crippen LogP) is -0.580. The number of halogens is 1. The molecule has 0 aliphatic carbocycles. The minimum atomic E-state index is -0.608. The van der Waals surface area contributed by atoms with Gasteiger partial charge in [-0.15, -0.1) is 0 Å². The first-order valence-corrected chi connectivity index (χ1v) is 9.54. The second-order valence-corrected chi connectivity index (χ2v) is 7.41. The highest BCUT2D eigenvalue weighted by molar-refractivity contribution is 6.65. The number of rotatable bonds is 3. The summed E-state index contributed by atoms with van der Waals surface area (Å²) in [7, 11) is 25.5. The normalized spacial score (nSPS) is 11.1. The minimum Gasteiger partial charge on any atom is -0.331 e. The third kappa shape index (κ3) is 3.65. The number of amides is 1. The van der Waals surface area contributed by atoms with Crippen molar-refractivity contribution in [2.24, 2.45) is 7.05 Å². The van der Waals surface area contributed by atoms with Crippen molar-refractivity contribution in [1.29, 1.82) is 0 Å². The molecule has 0 unspecified atom stereocenters. The van der Waals surface area contributed by atoms with Crippen LogP contribution in [0.5, 0.6) is 0 Å². The number of carbonyl (C=O) groups is 1. The molecule has 1 amide bonds. The van der Waals surface area contributed by atoms with E-state index in [0.29, 0.717) is 5.52 Å². The molecule has 0 bridgehead atoms. The molecule has 4 rings (SSSR count). The Kier molecular flexibility index (Phi) is 5.43. The number of imidazole rings is 1. The van der Waals surface area contributed by atoms with Crippen LogP contribution in [0.15, 0.2) is 30.7 Å². The van der Waals surface area contributed by atoms with Gasteiger partial charge in [0.15, 0.2) is 0 Å². The van der Waals surface area contributed by atoms with Crippen LogP contribution in [0.4, 0.5) is 5.82 Å². The van der Waals surface area contributed by atoms with E-state index in [1.54, 1.807) is 24.7 Å². The lowest BCUT2D eigenvalue weighted by Crippen LogP contribution is -2.47. The number of hydrogen-bond donors (Lipinski definition) is 1. The molecule has 11 heteroatoms. The number of aromatic nitrogens is 4. The van der Waals surface area contributed by atoms with E-state index in [2.05, 4.69) is 20.3 Å². The van der Waals surface area contributed by atoms with Crippen molar-refractivity contribution < 1.29 is 4.79 Å². The smallest absolute Gasteiger partial charge is 0.255 e. The molecule has 8 radical (unpaired) electrons. The SMILES string of the molecule is [B]c1c([B])c(C(=O)Nc2cc3cc(-c4cnc(C)n4C)cnc3cn2)c([B])c([B])c1Cl. The average molecular weight is 417 g/mol. The number of benzene rings is 1. The van der Waals surface area contributed by atoms with Crippen LogP contribution >= 0.6 is 11.6 Å². The number of fused-ring (bicyclic) bond motifs is 1. The van der Waals surface area contributed by atoms with Gasteiger partial charge in [-0.1, -0.05) is 33.5 Å². The van der Waals surface area contributed by atoms with Gasteiger partial charge in [-0.25, -0.2) is 9.97 Å². The molecule has 0 atom stereocenters. The van der Waals surface area contributed by atoms with Gasteiger partial charge in [0.2, 0.25) is 0 Å². The summed E-state index contributed by atoms with van der Waals surface area (Å²) in [5, 5.41) is 3.46. The summed E-state index contributed by atoms with van der Waals surface area (Å²) in [4.78, 5) is 25.8. The second kappa shape index (κ2) is 7.93. The Bertz CT molecular complexity index is 1340. The maximum atomic E-state index is 12.9. The summed E-state index contributed by atoms with van der Waals surface area (Å²) < 4.78 is 1.97. The fourth-order valence-corrected chi connectivity index (χ4v) is 3.43. The van der Waals surface area contributed by atoms with Crippen molar-refractivity contribution in [2.75, 3.05) is 5.32 Å². The van der Waals surface area contributed by atoms with Crippen LogP contribution in [0, 0.1) is 6.92 Å².